The summed E-state index contributed by atoms with van der Waals surface area (Å²) in [6, 6.07) is 7.98. The Balaban J connectivity index is 1.85. The number of methoxy groups -OCH3 is 1. The van der Waals surface area contributed by atoms with E-state index >= 15 is 0 Å². The van der Waals surface area contributed by atoms with Crippen molar-refractivity contribution in [3.8, 4) is 5.75 Å². The summed E-state index contributed by atoms with van der Waals surface area (Å²) in [6.07, 6.45) is 2.83. The van der Waals surface area contributed by atoms with Gasteiger partial charge in [-0.2, -0.15) is 4.37 Å². The predicted molar refractivity (Wildman–Crippen MR) is 82.5 cm³/mol. The lowest BCUT2D eigenvalue weighted by Crippen LogP contribution is -2.05. The van der Waals surface area contributed by atoms with Crippen LogP contribution in [-0.2, 0) is 6.42 Å². The van der Waals surface area contributed by atoms with Crippen LogP contribution in [0, 0.1) is 0 Å². The number of aromatic nitrogens is 2. The number of benzene rings is 1. The number of hydrogen-bond donors (Lipinski definition) is 2. The average molecular weight is 292 g/mol. The zero-order valence-corrected chi connectivity index (χ0v) is 12.4. The quantitative estimate of drug-likeness (QED) is 0.730. The summed E-state index contributed by atoms with van der Waals surface area (Å²) >= 11 is 1.41. The molecule has 0 aliphatic rings. The summed E-state index contributed by atoms with van der Waals surface area (Å²) in [6.45, 7) is 1.63. The standard InChI is InChI=1S/C14H20N4OS/c1-19-12-6-4-11(5-7-12)10-13-17-14(20-18-13)16-9-3-2-8-15/h4-7H,2-3,8-10,15H2,1H3,(H,16,17,18). The minimum atomic E-state index is 0.737. The van der Waals surface area contributed by atoms with Gasteiger partial charge in [-0.05, 0) is 37.1 Å². The van der Waals surface area contributed by atoms with Gasteiger partial charge in [0.15, 0.2) is 0 Å². The third-order valence-corrected chi connectivity index (χ3v) is 3.61. The maximum Gasteiger partial charge on any atom is 0.202 e. The highest BCUT2D eigenvalue weighted by atomic mass is 32.1. The van der Waals surface area contributed by atoms with Crippen molar-refractivity contribution in [1.82, 2.24) is 9.36 Å². The van der Waals surface area contributed by atoms with Crippen LogP contribution in [0.4, 0.5) is 5.13 Å². The Morgan fingerprint density at radius 1 is 1.25 bits per heavy atom. The summed E-state index contributed by atoms with van der Waals surface area (Å²) in [5.41, 5.74) is 6.64. The lowest BCUT2D eigenvalue weighted by atomic mass is 10.1. The summed E-state index contributed by atoms with van der Waals surface area (Å²) in [7, 11) is 1.67. The second kappa shape index (κ2) is 7.81. The first kappa shape index (κ1) is 14.7. The van der Waals surface area contributed by atoms with E-state index in [0.717, 1.165) is 49.1 Å². The van der Waals surface area contributed by atoms with Gasteiger partial charge in [0.05, 0.1) is 7.11 Å². The van der Waals surface area contributed by atoms with E-state index in [1.54, 1.807) is 7.11 Å². The molecule has 0 atom stereocenters. The lowest BCUT2D eigenvalue weighted by molar-refractivity contribution is 0.414. The van der Waals surface area contributed by atoms with E-state index in [0.29, 0.717) is 0 Å². The average Bonchev–Trinajstić information content (AvgIpc) is 2.92. The first-order valence-electron chi connectivity index (χ1n) is 6.71. The number of hydrogen-bond acceptors (Lipinski definition) is 6. The fraction of sp³-hybridized carbons (Fsp3) is 0.429. The largest absolute Gasteiger partial charge is 0.497 e. The molecule has 6 heteroatoms. The van der Waals surface area contributed by atoms with Gasteiger partial charge in [0.1, 0.15) is 11.6 Å². The van der Waals surface area contributed by atoms with Crippen LogP contribution in [-0.4, -0.2) is 29.6 Å². The number of rotatable bonds is 8. The molecule has 0 saturated carbocycles. The van der Waals surface area contributed by atoms with Crippen molar-refractivity contribution in [1.29, 1.82) is 0 Å². The minimum Gasteiger partial charge on any atom is -0.497 e. The molecular weight excluding hydrogens is 272 g/mol. The SMILES string of the molecule is COc1ccc(Cc2nsc(NCCCCN)n2)cc1. The smallest absolute Gasteiger partial charge is 0.202 e. The minimum absolute atomic E-state index is 0.737. The molecule has 0 bridgehead atoms. The van der Waals surface area contributed by atoms with Crippen LogP contribution in [0.3, 0.4) is 0 Å². The molecule has 0 aliphatic heterocycles. The fourth-order valence-corrected chi connectivity index (χ4v) is 2.40. The fourth-order valence-electron chi connectivity index (χ4n) is 1.79. The molecule has 0 unspecified atom stereocenters. The molecule has 5 nitrogen and oxygen atoms in total. The molecule has 1 heterocycles. The van der Waals surface area contributed by atoms with Gasteiger partial charge in [-0.1, -0.05) is 12.1 Å². The van der Waals surface area contributed by atoms with Crippen molar-refractivity contribution in [3.63, 3.8) is 0 Å². The van der Waals surface area contributed by atoms with Crippen molar-refractivity contribution >= 4 is 16.7 Å². The lowest BCUT2D eigenvalue weighted by Gasteiger charge is -2.01. The van der Waals surface area contributed by atoms with E-state index in [9.17, 15) is 0 Å². The Kier molecular flexibility index (Phi) is 5.76. The molecule has 20 heavy (non-hydrogen) atoms. The van der Waals surface area contributed by atoms with Gasteiger partial charge < -0.3 is 15.8 Å². The monoisotopic (exact) mass is 292 g/mol. The highest BCUT2D eigenvalue weighted by Gasteiger charge is 2.05. The molecule has 0 amide bonds. The molecule has 0 fully saturated rings. The van der Waals surface area contributed by atoms with E-state index in [4.69, 9.17) is 10.5 Å². The first-order valence-corrected chi connectivity index (χ1v) is 7.48. The van der Waals surface area contributed by atoms with Crippen LogP contribution in [0.2, 0.25) is 0 Å². The van der Waals surface area contributed by atoms with E-state index in [-0.39, 0.29) is 0 Å². The number of unbranched alkanes of at least 4 members (excludes halogenated alkanes) is 1. The number of nitrogens with zero attached hydrogens (tertiary/aromatic N) is 2. The maximum atomic E-state index is 5.46. The Bertz CT molecular complexity index is 512. The Hall–Kier alpha value is -1.66. The molecule has 2 rings (SSSR count). The highest BCUT2D eigenvalue weighted by molar-refractivity contribution is 7.09. The number of anilines is 1. The topological polar surface area (TPSA) is 73.1 Å². The molecular formula is C14H20N4OS. The number of nitrogens with two attached hydrogens (primary N) is 1. The predicted octanol–water partition coefficient (Wildman–Crippen LogP) is 2.29. The molecule has 0 radical (unpaired) electrons. The maximum absolute atomic E-state index is 5.46. The summed E-state index contributed by atoms with van der Waals surface area (Å²) in [5, 5.41) is 4.15. The number of nitrogens with one attached hydrogen (secondary N) is 1. The van der Waals surface area contributed by atoms with E-state index in [1.165, 1.54) is 17.1 Å². The Labute approximate surface area is 123 Å². The van der Waals surface area contributed by atoms with Crippen molar-refractivity contribution in [2.45, 2.75) is 19.3 Å². The van der Waals surface area contributed by atoms with Gasteiger partial charge in [0.2, 0.25) is 5.13 Å². The second-order valence-corrected chi connectivity index (χ2v) is 5.22. The summed E-state index contributed by atoms with van der Waals surface area (Å²) in [4.78, 5) is 4.48. The molecule has 2 aromatic rings. The van der Waals surface area contributed by atoms with Crippen molar-refractivity contribution in [2.75, 3.05) is 25.5 Å². The zero-order chi connectivity index (χ0) is 14.2. The molecule has 0 saturated heterocycles. The van der Waals surface area contributed by atoms with Gasteiger partial charge in [0.25, 0.3) is 0 Å². The zero-order valence-electron chi connectivity index (χ0n) is 11.6. The van der Waals surface area contributed by atoms with Crippen molar-refractivity contribution in [2.24, 2.45) is 5.73 Å². The molecule has 1 aromatic carbocycles. The number of ether oxygens (including phenoxy) is 1. The Morgan fingerprint density at radius 2 is 2.05 bits per heavy atom. The molecule has 1 aromatic heterocycles. The van der Waals surface area contributed by atoms with Crippen molar-refractivity contribution < 1.29 is 4.74 Å². The first-order chi connectivity index (χ1) is 9.81. The third-order valence-electron chi connectivity index (χ3n) is 2.90. The Morgan fingerprint density at radius 3 is 2.75 bits per heavy atom. The molecule has 3 N–H and O–H groups in total. The van der Waals surface area contributed by atoms with Gasteiger partial charge in [-0.3, -0.25) is 0 Å². The van der Waals surface area contributed by atoms with Crippen LogP contribution in [0.1, 0.15) is 24.2 Å². The van der Waals surface area contributed by atoms with Gasteiger partial charge in [-0.25, -0.2) is 4.98 Å². The van der Waals surface area contributed by atoms with Crippen LogP contribution in [0.5, 0.6) is 5.75 Å². The summed E-state index contributed by atoms with van der Waals surface area (Å²) < 4.78 is 9.50. The van der Waals surface area contributed by atoms with E-state index < -0.39 is 0 Å². The molecule has 0 spiro atoms. The van der Waals surface area contributed by atoms with E-state index in [2.05, 4.69) is 14.7 Å². The molecule has 108 valence electrons. The van der Waals surface area contributed by atoms with Crippen LogP contribution >= 0.6 is 11.5 Å². The third kappa shape index (κ3) is 4.47. The van der Waals surface area contributed by atoms with Gasteiger partial charge >= 0.3 is 0 Å². The highest BCUT2D eigenvalue weighted by Crippen LogP contribution is 2.16. The van der Waals surface area contributed by atoms with Crippen molar-refractivity contribution in [3.05, 3.63) is 35.7 Å². The van der Waals surface area contributed by atoms with E-state index in [1.807, 2.05) is 24.3 Å². The normalized spacial score (nSPS) is 10.5. The van der Waals surface area contributed by atoms with Crippen LogP contribution in [0.15, 0.2) is 24.3 Å². The van der Waals surface area contributed by atoms with Crippen LogP contribution < -0.4 is 15.8 Å². The van der Waals surface area contributed by atoms with Gasteiger partial charge in [-0.15, -0.1) is 0 Å². The summed E-state index contributed by atoms with van der Waals surface area (Å²) in [5.74, 6) is 1.71. The van der Waals surface area contributed by atoms with Crippen LogP contribution in [0.25, 0.3) is 0 Å². The molecule has 0 aliphatic carbocycles. The second-order valence-electron chi connectivity index (χ2n) is 4.46. The van der Waals surface area contributed by atoms with Gasteiger partial charge in [0, 0.05) is 24.5 Å².